The van der Waals surface area contributed by atoms with Gasteiger partial charge in [-0.15, -0.1) is 0 Å². The fourth-order valence-electron chi connectivity index (χ4n) is 2.47. The van der Waals surface area contributed by atoms with Crippen molar-refractivity contribution in [2.24, 2.45) is 0 Å². The Bertz CT molecular complexity index is 608. The fourth-order valence-corrected chi connectivity index (χ4v) is 2.65. The molecule has 136 valence electrons. The topological polar surface area (TPSA) is 53.5 Å². The Morgan fingerprint density at radius 1 is 0.960 bits per heavy atom. The second-order valence-electron chi connectivity index (χ2n) is 5.87. The van der Waals surface area contributed by atoms with Gasteiger partial charge in [-0.1, -0.05) is 41.9 Å². The summed E-state index contributed by atoms with van der Waals surface area (Å²) in [4.78, 5) is 0. The van der Waals surface area contributed by atoms with E-state index in [0.29, 0.717) is 5.02 Å². The van der Waals surface area contributed by atoms with Gasteiger partial charge in [0, 0.05) is 30.4 Å². The molecule has 0 radical (unpaired) electrons. The van der Waals surface area contributed by atoms with Gasteiger partial charge in [0.1, 0.15) is 0 Å². The van der Waals surface area contributed by atoms with Crippen LogP contribution < -0.4 is 10.6 Å². The molecular weight excluding hydrogens is 336 g/mol. The zero-order valence-electron chi connectivity index (χ0n) is 14.5. The Morgan fingerprint density at radius 3 is 2.60 bits per heavy atom. The monoisotopic (exact) mass is 362 g/mol. The maximum atomic E-state index is 9.21. The number of benzene rings is 2. The largest absolute Gasteiger partial charge is 0.392 e. The molecule has 0 saturated heterocycles. The summed E-state index contributed by atoms with van der Waals surface area (Å²) >= 11 is 5.99. The molecule has 2 aromatic carbocycles. The molecule has 0 heterocycles. The van der Waals surface area contributed by atoms with Crippen molar-refractivity contribution in [2.45, 2.75) is 26.0 Å². The second kappa shape index (κ2) is 11.9. The first-order valence-corrected chi connectivity index (χ1v) is 9.13. The molecule has 0 aliphatic heterocycles. The van der Waals surface area contributed by atoms with Crippen LogP contribution in [0.2, 0.25) is 5.02 Å². The van der Waals surface area contributed by atoms with E-state index in [4.69, 9.17) is 16.3 Å². The summed E-state index contributed by atoms with van der Waals surface area (Å²) in [6.07, 6.45) is 2.12. The molecule has 0 aliphatic carbocycles. The standard InChI is InChI=1S/C20H27ClN2O2/c21-20-9-8-17(14-18(20)16-24)15-22-10-4-5-12-25-13-11-23-19-6-2-1-3-7-19/h1-3,6-9,14,22-24H,4-5,10-13,15-16H2. The van der Waals surface area contributed by atoms with Crippen molar-refractivity contribution >= 4 is 17.3 Å². The van der Waals surface area contributed by atoms with Gasteiger partial charge in [0.05, 0.1) is 13.2 Å². The summed E-state index contributed by atoms with van der Waals surface area (Å²) in [5.41, 5.74) is 3.04. The highest BCUT2D eigenvalue weighted by atomic mass is 35.5. The maximum Gasteiger partial charge on any atom is 0.0696 e. The molecule has 0 bridgehead atoms. The quantitative estimate of drug-likeness (QED) is 0.502. The molecule has 0 aliphatic rings. The van der Waals surface area contributed by atoms with Crippen molar-refractivity contribution < 1.29 is 9.84 Å². The SMILES string of the molecule is OCc1cc(CNCCCCOCCNc2ccccc2)ccc1Cl. The van der Waals surface area contributed by atoms with Crippen molar-refractivity contribution in [3.63, 3.8) is 0 Å². The Morgan fingerprint density at radius 2 is 1.80 bits per heavy atom. The van der Waals surface area contributed by atoms with Gasteiger partial charge < -0.3 is 20.5 Å². The normalized spacial score (nSPS) is 10.8. The van der Waals surface area contributed by atoms with Crippen molar-refractivity contribution in [1.29, 1.82) is 0 Å². The lowest BCUT2D eigenvalue weighted by Crippen LogP contribution is -2.16. The van der Waals surface area contributed by atoms with Gasteiger partial charge in [-0.2, -0.15) is 0 Å². The van der Waals surface area contributed by atoms with Gasteiger partial charge in [-0.05, 0) is 48.7 Å². The molecule has 4 nitrogen and oxygen atoms in total. The lowest BCUT2D eigenvalue weighted by Gasteiger charge is -2.09. The Kier molecular flexibility index (Phi) is 9.37. The average molecular weight is 363 g/mol. The molecule has 2 aromatic rings. The lowest BCUT2D eigenvalue weighted by atomic mass is 10.1. The van der Waals surface area contributed by atoms with Gasteiger partial charge in [0.25, 0.3) is 0 Å². The van der Waals surface area contributed by atoms with Gasteiger partial charge in [0.15, 0.2) is 0 Å². The maximum absolute atomic E-state index is 9.21. The average Bonchev–Trinajstić information content (AvgIpc) is 2.65. The number of rotatable bonds is 12. The van der Waals surface area contributed by atoms with Crippen LogP contribution in [-0.2, 0) is 17.9 Å². The van der Waals surface area contributed by atoms with E-state index in [9.17, 15) is 5.11 Å². The number of unbranched alkanes of at least 4 members (excludes halogenated alkanes) is 1. The van der Waals surface area contributed by atoms with Crippen LogP contribution in [0.1, 0.15) is 24.0 Å². The van der Waals surface area contributed by atoms with E-state index in [1.165, 1.54) is 0 Å². The highest BCUT2D eigenvalue weighted by Crippen LogP contribution is 2.17. The van der Waals surface area contributed by atoms with Crippen molar-refractivity contribution in [2.75, 3.05) is 31.6 Å². The van der Waals surface area contributed by atoms with Crippen LogP contribution in [0, 0.1) is 0 Å². The molecule has 0 aromatic heterocycles. The van der Waals surface area contributed by atoms with Crippen LogP contribution in [-0.4, -0.2) is 31.4 Å². The van der Waals surface area contributed by atoms with Crippen molar-refractivity contribution in [1.82, 2.24) is 5.32 Å². The van der Waals surface area contributed by atoms with Crippen LogP contribution in [0.15, 0.2) is 48.5 Å². The molecule has 0 saturated carbocycles. The van der Waals surface area contributed by atoms with E-state index in [2.05, 4.69) is 22.8 Å². The number of hydrogen-bond donors (Lipinski definition) is 3. The molecule has 25 heavy (non-hydrogen) atoms. The third-order valence-corrected chi connectivity index (χ3v) is 4.22. The Balaban J connectivity index is 1.44. The molecule has 0 atom stereocenters. The molecule has 0 spiro atoms. The van der Waals surface area contributed by atoms with Crippen molar-refractivity contribution in [3.05, 3.63) is 64.7 Å². The minimum Gasteiger partial charge on any atom is -0.392 e. The van der Waals surface area contributed by atoms with E-state index in [-0.39, 0.29) is 6.61 Å². The summed E-state index contributed by atoms with van der Waals surface area (Å²) in [6, 6.07) is 15.9. The van der Waals surface area contributed by atoms with Gasteiger partial charge >= 0.3 is 0 Å². The minimum absolute atomic E-state index is 0.0247. The predicted octanol–water partition coefficient (Wildman–Crippen LogP) is 3.83. The van der Waals surface area contributed by atoms with E-state index in [0.717, 1.165) is 62.5 Å². The third-order valence-electron chi connectivity index (χ3n) is 3.85. The number of anilines is 1. The molecule has 0 unspecified atom stereocenters. The van der Waals surface area contributed by atoms with E-state index in [1.807, 2.05) is 36.4 Å². The van der Waals surface area contributed by atoms with Gasteiger partial charge in [0.2, 0.25) is 0 Å². The first-order valence-electron chi connectivity index (χ1n) is 8.75. The zero-order chi connectivity index (χ0) is 17.7. The smallest absolute Gasteiger partial charge is 0.0696 e. The first-order chi connectivity index (χ1) is 12.3. The van der Waals surface area contributed by atoms with E-state index >= 15 is 0 Å². The molecule has 0 fully saturated rings. The van der Waals surface area contributed by atoms with Crippen molar-refractivity contribution in [3.8, 4) is 0 Å². The first kappa shape index (κ1) is 19.7. The predicted molar refractivity (Wildman–Crippen MR) is 104 cm³/mol. The molecule has 5 heteroatoms. The van der Waals surface area contributed by atoms with Crippen LogP contribution in [0.4, 0.5) is 5.69 Å². The summed E-state index contributed by atoms with van der Waals surface area (Å²) in [5.74, 6) is 0. The number of hydrogen-bond acceptors (Lipinski definition) is 4. The Labute approximate surface area is 155 Å². The summed E-state index contributed by atoms with van der Waals surface area (Å²) in [7, 11) is 0. The number of aliphatic hydroxyl groups excluding tert-OH is 1. The molecule has 3 N–H and O–H groups in total. The number of para-hydroxylation sites is 1. The Hall–Kier alpha value is -1.59. The van der Waals surface area contributed by atoms with Crippen LogP contribution in [0.3, 0.4) is 0 Å². The van der Waals surface area contributed by atoms with Gasteiger partial charge in [-0.25, -0.2) is 0 Å². The highest BCUT2D eigenvalue weighted by molar-refractivity contribution is 6.31. The highest BCUT2D eigenvalue weighted by Gasteiger charge is 2.00. The van der Waals surface area contributed by atoms with E-state index in [1.54, 1.807) is 0 Å². The van der Waals surface area contributed by atoms with Gasteiger partial charge in [-0.3, -0.25) is 0 Å². The molecular formula is C20H27ClN2O2. The van der Waals surface area contributed by atoms with Crippen LogP contribution >= 0.6 is 11.6 Å². The number of nitrogens with one attached hydrogen (secondary N) is 2. The fraction of sp³-hybridized carbons (Fsp3) is 0.400. The summed E-state index contributed by atoms with van der Waals surface area (Å²) in [6.45, 7) is 4.04. The number of ether oxygens (including phenoxy) is 1. The molecule has 2 rings (SSSR count). The second-order valence-corrected chi connectivity index (χ2v) is 6.28. The summed E-state index contributed by atoms with van der Waals surface area (Å²) in [5, 5.41) is 16.6. The summed E-state index contributed by atoms with van der Waals surface area (Å²) < 4.78 is 5.63. The van der Waals surface area contributed by atoms with Crippen LogP contribution in [0.5, 0.6) is 0 Å². The third kappa shape index (κ3) is 7.88. The number of aliphatic hydroxyl groups is 1. The lowest BCUT2D eigenvalue weighted by molar-refractivity contribution is 0.140. The number of halogens is 1. The zero-order valence-corrected chi connectivity index (χ0v) is 15.3. The molecule has 0 amide bonds. The van der Waals surface area contributed by atoms with Crippen LogP contribution in [0.25, 0.3) is 0 Å². The van der Waals surface area contributed by atoms with E-state index < -0.39 is 0 Å². The minimum atomic E-state index is -0.0247.